The zero-order valence-electron chi connectivity index (χ0n) is 28.2. The van der Waals surface area contributed by atoms with Gasteiger partial charge in [0.25, 0.3) is 0 Å². The Hall–Kier alpha value is -6.97. The lowest BCUT2D eigenvalue weighted by Gasteiger charge is -2.13. The second-order valence-electron chi connectivity index (χ2n) is 13.6. The van der Waals surface area contributed by atoms with Crippen LogP contribution < -0.4 is 0 Å². The first-order chi connectivity index (χ1) is 25.8. The maximum atomic E-state index is 4.82. The van der Waals surface area contributed by atoms with Crippen LogP contribution in [0.4, 0.5) is 0 Å². The summed E-state index contributed by atoms with van der Waals surface area (Å²) in [5, 5.41) is 8.54. The summed E-state index contributed by atoms with van der Waals surface area (Å²) in [5.74, 6) is 0. The van der Waals surface area contributed by atoms with Gasteiger partial charge in [-0.3, -0.25) is 4.98 Å². The number of hydrogen-bond donors (Lipinski definition) is 0. The molecule has 242 valence electrons. The first-order valence-corrected chi connectivity index (χ1v) is 17.8. The zero-order valence-corrected chi connectivity index (χ0v) is 28.2. The van der Waals surface area contributed by atoms with Crippen molar-refractivity contribution in [3.8, 4) is 33.6 Å². The molecule has 52 heavy (non-hydrogen) atoms. The SMILES string of the molecule is c1ccc(-n2c3ccccc3c3cc(-c4ccc5c(c4)c4ccccc4n5-c4cccc(-c5cccc6ccc7cccnc7c56)c4)ccc32)cc1. The molecular formula is C49H31N3. The van der Waals surface area contributed by atoms with Gasteiger partial charge in [-0.05, 0) is 94.4 Å². The van der Waals surface area contributed by atoms with Crippen molar-refractivity contribution in [3.63, 3.8) is 0 Å². The van der Waals surface area contributed by atoms with Gasteiger partial charge in [-0.25, -0.2) is 0 Å². The van der Waals surface area contributed by atoms with Gasteiger partial charge in [-0.15, -0.1) is 0 Å². The Bertz CT molecular complexity index is 3180. The smallest absolute Gasteiger partial charge is 0.0786 e. The molecule has 3 heteroatoms. The maximum absolute atomic E-state index is 4.82. The first kappa shape index (κ1) is 28.8. The average molecular weight is 662 g/mol. The van der Waals surface area contributed by atoms with E-state index in [0.29, 0.717) is 0 Å². The molecule has 3 aromatic heterocycles. The van der Waals surface area contributed by atoms with Crippen molar-refractivity contribution in [3.05, 3.63) is 188 Å². The number of pyridine rings is 1. The van der Waals surface area contributed by atoms with Crippen LogP contribution in [0.1, 0.15) is 0 Å². The molecule has 0 radical (unpaired) electrons. The molecule has 0 fully saturated rings. The molecule has 0 saturated carbocycles. The standard InChI is InChI=1S/C49H31N3/c1-2-14-37(15-3-1)51-44-20-6-4-17-40(44)42-30-34(24-26-46(42)51)35-25-27-47-43(31-35)41-18-5-7-21-45(41)52(47)38-16-8-12-36(29-38)39-19-9-11-32-22-23-33-13-10-28-50-49(33)48(32)39/h1-31H. The molecule has 0 aliphatic heterocycles. The molecule has 0 atom stereocenters. The average Bonchev–Trinajstić information content (AvgIpc) is 3.73. The molecule has 0 aliphatic rings. The molecule has 11 aromatic rings. The summed E-state index contributed by atoms with van der Waals surface area (Å²) < 4.78 is 4.78. The molecule has 0 saturated heterocycles. The minimum Gasteiger partial charge on any atom is -0.309 e. The van der Waals surface area contributed by atoms with Gasteiger partial charge in [0.1, 0.15) is 0 Å². The van der Waals surface area contributed by atoms with Gasteiger partial charge in [0, 0.05) is 49.9 Å². The summed E-state index contributed by atoms with van der Waals surface area (Å²) in [5.41, 5.74) is 12.9. The quantitative estimate of drug-likeness (QED) is 0.172. The largest absolute Gasteiger partial charge is 0.309 e. The molecule has 0 spiro atoms. The predicted octanol–water partition coefficient (Wildman–Crippen LogP) is 12.9. The van der Waals surface area contributed by atoms with Crippen molar-refractivity contribution < 1.29 is 0 Å². The number of hydrogen-bond acceptors (Lipinski definition) is 1. The Kier molecular flexibility index (Phi) is 6.25. The van der Waals surface area contributed by atoms with Crippen LogP contribution in [0.15, 0.2) is 188 Å². The van der Waals surface area contributed by atoms with Crippen molar-refractivity contribution >= 4 is 65.3 Å². The highest BCUT2D eigenvalue weighted by Gasteiger charge is 2.17. The molecule has 3 heterocycles. The third-order valence-corrected chi connectivity index (χ3v) is 10.7. The van der Waals surface area contributed by atoms with Crippen LogP contribution in [0.5, 0.6) is 0 Å². The van der Waals surface area contributed by atoms with Gasteiger partial charge in [0.15, 0.2) is 0 Å². The molecule has 3 nitrogen and oxygen atoms in total. The number of nitrogens with zero attached hydrogens (tertiary/aromatic N) is 3. The number of fused-ring (bicyclic) bond motifs is 9. The summed E-state index contributed by atoms with van der Waals surface area (Å²) in [7, 11) is 0. The van der Waals surface area contributed by atoms with Crippen LogP contribution in [0.25, 0.3) is 98.9 Å². The van der Waals surface area contributed by atoms with Crippen LogP contribution in [-0.4, -0.2) is 14.1 Å². The van der Waals surface area contributed by atoms with E-state index < -0.39 is 0 Å². The molecular weight excluding hydrogens is 631 g/mol. The Labute approximate surface area is 300 Å². The Morgan fingerprint density at radius 2 is 0.923 bits per heavy atom. The fourth-order valence-electron chi connectivity index (χ4n) is 8.41. The van der Waals surface area contributed by atoms with Crippen molar-refractivity contribution in [1.29, 1.82) is 0 Å². The number of aromatic nitrogens is 3. The number of rotatable bonds is 4. The van der Waals surface area contributed by atoms with E-state index in [0.717, 1.165) is 16.6 Å². The summed E-state index contributed by atoms with van der Waals surface area (Å²) in [6.45, 7) is 0. The van der Waals surface area contributed by atoms with E-state index in [1.165, 1.54) is 82.3 Å². The van der Waals surface area contributed by atoms with E-state index in [1.54, 1.807) is 0 Å². The predicted molar refractivity (Wildman–Crippen MR) is 219 cm³/mol. The van der Waals surface area contributed by atoms with Gasteiger partial charge in [0.05, 0.1) is 27.6 Å². The third-order valence-electron chi connectivity index (χ3n) is 10.7. The summed E-state index contributed by atoms with van der Waals surface area (Å²) >= 11 is 0. The third kappa shape index (κ3) is 4.30. The van der Waals surface area contributed by atoms with E-state index in [1.807, 2.05) is 12.3 Å². The van der Waals surface area contributed by atoms with Crippen molar-refractivity contribution in [1.82, 2.24) is 14.1 Å². The van der Waals surface area contributed by atoms with E-state index in [9.17, 15) is 0 Å². The van der Waals surface area contributed by atoms with Gasteiger partial charge in [0.2, 0.25) is 0 Å². The lowest BCUT2D eigenvalue weighted by molar-refractivity contribution is 1.18. The second-order valence-corrected chi connectivity index (χ2v) is 13.6. The fourth-order valence-corrected chi connectivity index (χ4v) is 8.41. The van der Waals surface area contributed by atoms with Gasteiger partial charge < -0.3 is 9.13 Å². The zero-order chi connectivity index (χ0) is 34.2. The Balaban J connectivity index is 1.08. The fraction of sp³-hybridized carbons (Fsp3) is 0. The highest BCUT2D eigenvalue weighted by molar-refractivity contribution is 6.14. The van der Waals surface area contributed by atoms with Gasteiger partial charge in [-0.1, -0.05) is 115 Å². The summed E-state index contributed by atoms with van der Waals surface area (Å²) in [6, 6.07) is 66.0. The van der Waals surface area contributed by atoms with Crippen LogP contribution >= 0.6 is 0 Å². The first-order valence-electron chi connectivity index (χ1n) is 17.8. The highest BCUT2D eigenvalue weighted by Crippen LogP contribution is 2.40. The minimum atomic E-state index is 1.04. The minimum absolute atomic E-state index is 1.04. The van der Waals surface area contributed by atoms with E-state index in [2.05, 4.69) is 185 Å². The second kappa shape index (κ2) is 11.3. The lowest BCUT2D eigenvalue weighted by atomic mass is 9.96. The van der Waals surface area contributed by atoms with Crippen molar-refractivity contribution in [2.75, 3.05) is 0 Å². The Morgan fingerprint density at radius 3 is 1.65 bits per heavy atom. The van der Waals surface area contributed by atoms with Gasteiger partial charge >= 0.3 is 0 Å². The number of benzene rings is 8. The topological polar surface area (TPSA) is 22.8 Å². The molecule has 11 rings (SSSR count). The molecule has 0 bridgehead atoms. The van der Waals surface area contributed by atoms with Crippen LogP contribution in [0.2, 0.25) is 0 Å². The van der Waals surface area contributed by atoms with Crippen LogP contribution in [0.3, 0.4) is 0 Å². The van der Waals surface area contributed by atoms with Crippen molar-refractivity contribution in [2.24, 2.45) is 0 Å². The van der Waals surface area contributed by atoms with Crippen LogP contribution in [0, 0.1) is 0 Å². The lowest BCUT2D eigenvalue weighted by Crippen LogP contribution is -1.95. The molecule has 0 aliphatic carbocycles. The van der Waals surface area contributed by atoms with Crippen molar-refractivity contribution in [2.45, 2.75) is 0 Å². The molecule has 8 aromatic carbocycles. The normalized spacial score (nSPS) is 11.8. The summed E-state index contributed by atoms with van der Waals surface area (Å²) in [4.78, 5) is 4.82. The molecule has 0 N–H and O–H groups in total. The maximum Gasteiger partial charge on any atom is 0.0786 e. The van der Waals surface area contributed by atoms with E-state index >= 15 is 0 Å². The van der Waals surface area contributed by atoms with Crippen LogP contribution in [-0.2, 0) is 0 Å². The molecule has 0 unspecified atom stereocenters. The van der Waals surface area contributed by atoms with E-state index in [-0.39, 0.29) is 0 Å². The summed E-state index contributed by atoms with van der Waals surface area (Å²) in [6.07, 6.45) is 1.89. The van der Waals surface area contributed by atoms with Gasteiger partial charge in [-0.2, -0.15) is 0 Å². The monoisotopic (exact) mass is 661 g/mol. The highest BCUT2D eigenvalue weighted by atomic mass is 15.0. The Morgan fingerprint density at radius 1 is 0.346 bits per heavy atom. The van der Waals surface area contributed by atoms with E-state index in [4.69, 9.17) is 4.98 Å². The number of para-hydroxylation sites is 3. The molecule has 0 amide bonds.